The lowest BCUT2D eigenvalue weighted by Gasteiger charge is -2.32. The number of halogens is 1. The highest BCUT2D eigenvalue weighted by Crippen LogP contribution is 2.29. The van der Waals surface area contributed by atoms with Crippen LogP contribution in [0.3, 0.4) is 0 Å². The van der Waals surface area contributed by atoms with Crippen LogP contribution in [0.2, 0.25) is 0 Å². The summed E-state index contributed by atoms with van der Waals surface area (Å²) in [5.41, 5.74) is 3.17. The molecule has 5 rings (SSSR count). The zero-order chi connectivity index (χ0) is 23.2. The number of nitrogens with one attached hydrogen (secondary N) is 1. The highest BCUT2D eigenvalue weighted by atomic mass is 19.1. The summed E-state index contributed by atoms with van der Waals surface area (Å²) in [6.45, 7) is 4.48. The first-order valence-electron chi connectivity index (χ1n) is 10.7. The van der Waals surface area contributed by atoms with Gasteiger partial charge >= 0.3 is 0 Å². The molecule has 2 aromatic heterocycles. The second-order valence-corrected chi connectivity index (χ2v) is 8.41. The number of imidazole rings is 2. The number of H-pyrrole nitrogens is 1. The number of methoxy groups -OCH3 is 1. The summed E-state index contributed by atoms with van der Waals surface area (Å²) in [6, 6.07) is 12.0. The van der Waals surface area contributed by atoms with Gasteiger partial charge < -0.3 is 14.3 Å². The fraction of sp³-hybridized carbons (Fsp3) is 0.240. The van der Waals surface area contributed by atoms with Gasteiger partial charge in [0.25, 0.3) is 5.56 Å². The molecule has 0 spiro atoms. The van der Waals surface area contributed by atoms with Crippen LogP contribution in [0.25, 0.3) is 11.8 Å². The zero-order valence-electron chi connectivity index (χ0n) is 18.7. The fourth-order valence-corrected chi connectivity index (χ4v) is 4.40. The highest BCUT2D eigenvalue weighted by molar-refractivity contribution is 5.58. The Kier molecular flexibility index (Phi) is 5.00. The number of fused-ring (bicyclic) bond motifs is 1. The standard InChI is InChI=1S/C25H24FN5O2/c1-16-14-30(15-28-16)21-9-4-17(13-22(21)33-3)12-20-23(32)31-24(29-20)27-11-10-25(31,2)18-5-7-19(26)8-6-18/h4-9,12-15H,10-11H2,1-3H3,(H,27,29). The van der Waals surface area contributed by atoms with Crippen LogP contribution in [0.5, 0.6) is 5.75 Å². The topological polar surface area (TPSA) is 77.2 Å². The predicted molar refractivity (Wildman–Crippen MR) is 123 cm³/mol. The molecule has 168 valence electrons. The van der Waals surface area contributed by atoms with Crippen molar-refractivity contribution in [2.75, 3.05) is 13.7 Å². The number of hydrogen-bond donors (Lipinski definition) is 1. The highest BCUT2D eigenvalue weighted by Gasteiger charge is 2.34. The van der Waals surface area contributed by atoms with Gasteiger partial charge in [-0.2, -0.15) is 0 Å². The number of hydrogen-bond acceptors (Lipinski definition) is 4. The molecule has 1 N–H and O–H groups in total. The monoisotopic (exact) mass is 445 g/mol. The minimum atomic E-state index is -0.620. The van der Waals surface area contributed by atoms with Crippen molar-refractivity contribution in [1.29, 1.82) is 0 Å². The number of aromatic amines is 1. The molecule has 1 aliphatic heterocycles. The number of ether oxygens (including phenoxy) is 1. The Balaban J connectivity index is 1.61. The Morgan fingerprint density at radius 2 is 2.00 bits per heavy atom. The van der Waals surface area contributed by atoms with Crippen LogP contribution < -0.4 is 21.3 Å². The van der Waals surface area contributed by atoms with Crippen molar-refractivity contribution in [3.8, 4) is 11.4 Å². The van der Waals surface area contributed by atoms with E-state index in [2.05, 4.69) is 15.0 Å². The molecule has 0 fully saturated rings. The molecule has 3 heterocycles. The number of aromatic nitrogens is 4. The molecule has 0 amide bonds. The molecule has 0 aliphatic carbocycles. The van der Waals surface area contributed by atoms with Crippen molar-refractivity contribution < 1.29 is 9.13 Å². The van der Waals surface area contributed by atoms with Crippen LogP contribution in [0.1, 0.15) is 30.2 Å². The third-order valence-corrected chi connectivity index (χ3v) is 6.22. The maximum Gasteiger partial charge on any atom is 0.277 e. The van der Waals surface area contributed by atoms with Crippen LogP contribution in [0, 0.1) is 12.7 Å². The minimum absolute atomic E-state index is 0.173. The van der Waals surface area contributed by atoms with Crippen molar-refractivity contribution in [3.05, 3.63) is 98.9 Å². The summed E-state index contributed by atoms with van der Waals surface area (Å²) < 4.78 is 22.6. The molecule has 0 radical (unpaired) electrons. The van der Waals surface area contributed by atoms with Crippen molar-refractivity contribution >= 4 is 6.08 Å². The smallest absolute Gasteiger partial charge is 0.277 e. The molecule has 0 saturated carbocycles. The molecule has 33 heavy (non-hydrogen) atoms. The predicted octanol–water partition coefficient (Wildman–Crippen LogP) is 2.43. The number of aryl methyl sites for hydroxylation is 1. The van der Waals surface area contributed by atoms with Crippen molar-refractivity contribution in [3.63, 3.8) is 0 Å². The lowest BCUT2D eigenvalue weighted by atomic mass is 9.87. The maximum absolute atomic E-state index is 13.5. The first-order chi connectivity index (χ1) is 15.9. The van der Waals surface area contributed by atoms with Gasteiger partial charge in [0.2, 0.25) is 5.62 Å². The maximum atomic E-state index is 13.5. The van der Waals surface area contributed by atoms with Gasteiger partial charge in [-0.15, -0.1) is 0 Å². The molecule has 7 nitrogen and oxygen atoms in total. The number of nitrogens with zero attached hydrogens (tertiary/aromatic N) is 4. The van der Waals surface area contributed by atoms with E-state index in [1.165, 1.54) is 12.1 Å². The molecule has 0 bridgehead atoms. The molecular formula is C25H24FN5O2. The zero-order valence-corrected chi connectivity index (χ0v) is 18.7. The van der Waals surface area contributed by atoms with Gasteiger partial charge in [0.1, 0.15) is 16.9 Å². The molecule has 2 aromatic carbocycles. The van der Waals surface area contributed by atoms with E-state index in [4.69, 9.17) is 4.74 Å². The molecule has 8 heteroatoms. The van der Waals surface area contributed by atoms with E-state index < -0.39 is 5.54 Å². The minimum Gasteiger partial charge on any atom is -0.495 e. The third kappa shape index (κ3) is 3.57. The van der Waals surface area contributed by atoms with Crippen molar-refractivity contribution in [2.24, 2.45) is 4.99 Å². The average Bonchev–Trinajstić information content (AvgIpc) is 3.38. The quantitative estimate of drug-likeness (QED) is 0.524. The van der Waals surface area contributed by atoms with E-state index in [1.54, 1.807) is 36.2 Å². The summed E-state index contributed by atoms with van der Waals surface area (Å²) >= 11 is 0. The third-order valence-electron chi connectivity index (χ3n) is 6.22. The second-order valence-electron chi connectivity index (χ2n) is 8.41. The van der Waals surface area contributed by atoms with Gasteiger partial charge in [0.05, 0.1) is 30.4 Å². The summed E-state index contributed by atoms with van der Waals surface area (Å²) in [5.74, 6) is 0.361. The van der Waals surface area contributed by atoms with Crippen LogP contribution in [0.15, 0.2) is 64.8 Å². The lowest BCUT2D eigenvalue weighted by Crippen LogP contribution is -2.49. The second kappa shape index (κ2) is 7.88. The van der Waals surface area contributed by atoms with Crippen LogP contribution in [-0.4, -0.2) is 32.8 Å². The number of rotatable bonds is 4. The Labute approximate surface area is 189 Å². The number of benzene rings is 2. The van der Waals surface area contributed by atoms with Gasteiger partial charge in [-0.1, -0.05) is 18.2 Å². The molecule has 1 aliphatic rings. The van der Waals surface area contributed by atoms with E-state index in [0.717, 1.165) is 22.5 Å². The van der Waals surface area contributed by atoms with Crippen LogP contribution in [0.4, 0.5) is 4.39 Å². The average molecular weight is 445 g/mol. The molecule has 0 saturated heterocycles. The lowest BCUT2D eigenvalue weighted by molar-refractivity contribution is 0.323. The van der Waals surface area contributed by atoms with Crippen LogP contribution in [-0.2, 0) is 5.54 Å². The van der Waals surface area contributed by atoms with Gasteiger partial charge in [0.15, 0.2) is 0 Å². The summed E-state index contributed by atoms with van der Waals surface area (Å²) in [7, 11) is 1.61. The summed E-state index contributed by atoms with van der Waals surface area (Å²) in [6.07, 6.45) is 6.10. The molecule has 1 atom stereocenters. The fourth-order valence-electron chi connectivity index (χ4n) is 4.40. The van der Waals surface area contributed by atoms with E-state index in [9.17, 15) is 9.18 Å². The van der Waals surface area contributed by atoms with Gasteiger partial charge in [0, 0.05) is 12.7 Å². The van der Waals surface area contributed by atoms with Gasteiger partial charge in [-0.3, -0.25) is 14.4 Å². The van der Waals surface area contributed by atoms with Crippen LogP contribution >= 0.6 is 0 Å². The summed E-state index contributed by atoms with van der Waals surface area (Å²) in [4.78, 5) is 25.4. The molecule has 1 unspecified atom stereocenters. The first kappa shape index (κ1) is 20.9. The Bertz CT molecular complexity index is 1510. The van der Waals surface area contributed by atoms with Gasteiger partial charge in [-0.05, 0) is 61.7 Å². The molecule has 4 aromatic rings. The van der Waals surface area contributed by atoms with Gasteiger partial charge in [-0.25, -0.2) is 9.37 Å². The SMILES string of the molecule is COc1cc(C=c2[nH]c3n(c2=O)C(C)(c2ccc(F)cc2)CCN=3)ccc1-n1cnc(C)c1. The van der Waals surface area contributed by atoms with Crippen molar-refractivity contribution in [1.82, 2.24) is 19.1 Å². The molecular weight excluding hydrogens is 421 g/mol. The van der Waals surface area contributed by atoms with E-state index >= 15 is 0 Å². The van der Waals surface area contributed by atoms with Crippen molar-refractivity contribution in [2.45, 2.75) is 25.8 Å². The normalized spacial score (nSPS) is 18.1. The Morgan fingerprint density at radius 3 is 2.70 bits per heavy atom. The first-order valence-corrected chi connectivity index (χ1v) is 10.7. The van der Waals surface area contributed by atoms with E-state index in [1.807, 2.05) is 42.8 Å². The van der Waals surface area contributed by atoms with E-state index in [-0.39, 0.29) is 11.4 Å². The van der Waals surface area contributed by atoms with E-state index in [0.29, 0.717) is 29.7 Å². The Hall–Kier alpha value is -3.94. The summed E-state index contributed by atoms with van der Waals surface area (Å²) in [5, 5.41) is 0.428. The Morgan fingerprint density at radius 1 is 1.21 bits per heavy atom. The largest absolute Gasteiger partial charge is 0.495 e.